The van der Waals surface area contributed by atoms with Crippen molar-refractivity contribution in [2.75, 3.05) is 6.61 Å². The lowest BCUT2D eigenvalue weighted by Gasteiger charge is -2.12. The van der Waals surface area contributed by atoms with E-state index >= 15 is 0 Å². The molecule has 0 heterocycles. The lowest BCUT2D eigenvalue weighted by Crippen LogP contribution is -2.07. The Bertz CT molecular complexity index is 377. The monoisotopic (exact) mass is 242 g/mol. The largest absolute Gasteiger partial charge is 0.492 e. The maximum Gasteiger partial charge on any atom is 0.335 e. The summed E-state index contributed by atoms with van der Waals surface area (Å²) in [6.07, 6.45) is 1.03. The van der Waals surface area contributed by atoms with Crippen LogP contribution >= 0.6 is 11.6 Å². The summed E-state index contributed by atoms with van der Waals surface area (Å²) in [4.78, 5) is 10.7. The summed E-state index contributed by atoms with van der Waals surface area (Å²) in [5, 5.41) is 9.09. The van der Waals surface area contributed by atoms with E-state index in [0.29, 0.717) is 23.3 Å². The van der Waals surface area contributed by atoms with Gasteiger partial charge in [0.2, 0.25) is 0 Å². The number of halogens is 1. The highest BCUT2D eigenvalue weighted by atomic mass is 35.5. The van der Waals surface area contributed by atoms with Gasteiger partial charge >= 0.3 is 5.97 Å². The Balaban J connectivity index is 2.72. The Morgan fingerprint density at radius 2 is 2.25 bits per heavy atom. The van der Waals surface area contributed by atoms with E-state index in [9.17, 15) is 4.79 Å². The first-order valence-corrected chi connectivity index (χ1v) is 5.58. The van der Waals surface area contributed by atoms with Crippen molar-refractivity contribution in [3.8, 4) is 5.75 Å². The predicted molar refractivity (Wildman–Crippen MR) is 63.4 cm³/mol. The van der Waals surface area contributed by atoms with Crippen molar-refractivity contribution in [1.82, 2.24) is 0 Å². The molecule has 4 heteroatoms. The fourth-order valence-electron chi connectivity index (χ4n) is 1.10. The minimum Gasteiger partial charge on any atom is -0.492 e. The third-order valence-electron chi connectivity index (χ3n) is 2.40. The average Bonchev–Trinajstić information content (AvgIpc) is 2.26. The molecule has 16 heavy (non-hydrogen) atoms. The Morgan fingerprint density at radius 1 is 1.56 bits per heavy atom. The van der Waals surface area contributed by atoms with Crippen molar-refractivity contribution >= 4 is 17.6 Å². The van der Waals surface area contributed by atoms with Crippen LogP contribution in [0, 0.1) is 5.92 Å². The Labute approximate surface area is 100.0 Å². The summed E-state index contributed by atoms with van der Waals surface area (Å²) >= 11 is 5.91. The van der Waals surface area contributed by atoms with Crippen molar-refractivity contribution in [2.45, 2.75) is 20.3 Å². The molecule has 0 fully saturated rings. The molecule has 0 aliphatic heterocycles. The number of carboxylic acids is 1. The number of carboxylic acid groups (broad SMARTS) is 1. The van der Waals surface area contributed by atoms with E-state index in [2.05, 4.69) is 13.8 Å². The van der Waals surface area contributed by atoms with Gasteiger partial charge in [-0.2, -0.15) is 0 Å². The first kappa shape index (κ1) is 12.8. The molecule has 1 aromatic carbocycles. The summed E-state index contributed by atoms with van der Waals surface area (Å²) in [6.45, 7) is 4.76. The van der Waals surface area contributed by atoms with Gasteiger partial charge in [-0.3, -0.25) is 0 Å². The van der Waals surface area contributed by atoms with Crippen LogP contribution in [0.1, 0.15) is 30.6 Å². The molecule has 0 radical (unpaired) electrons. The number of ether oxygens (including phenoxy) is 1. The van der Waals surface area contributed by atoms with Gasteiger partial charge in [0.05, 0.1) is 17.2 Å². The van der Waals surface area contributed by atoms with Crippen LogP contribution in [0.5, 0.6) is 5.75 Å². The van der Waals surface area contributed by atoms with E-state index < -0.39 is 5.97 Å². The molecule has 1 rings (SSSR count). The third kappa shape index (κ3) is 3.42. The zero-order chi connectivity index (χ0) is 12.1. The molecule has 1 unspecified atom stereocenters. The van der Waals surface area contributed by atoms with E-state index in [4.69, 9.17) is 21.4 Å². The summed E-state index contributed by atoms with van der Waals surface area (Å²) in [5.74, 6) is -0.00226. The van der Waals surface area contributed by atoms with E-state index in [0.717, 1.165) is 6.42 Å². The van der Waals surface area contributed by atoms with Crippen LogP contribution in [0.15, 0.2) is 18.2 Å². The molecule has 0 bridgehead atoms. The second-order valence-electron chi connectivity index (χ2n) is 3.77. The first-order chi connectivity index (χ1) is 7.54. The molecule has 0 saturated heterocycles. The van der Waals surface area contributed by atoms with Crippen LogP contribution in [-0.4, -0.2) is 17.7 Å². The molecule has 1 aromatic rings. The van der Waals surface area contributed by atoms with Gasteiger partial charge in [-0.15, -0.1) is 0 Å². The van der Waals surface area contributed by atoms with Gasteiger partial charge in [0.15, 0.2) is 0 Å². The van der Waals surface area contributed by atoms with Crippen LogP contribution in [0.3, 0.4) is 0 Å². The van der Waals surface area contributed by atoms with Crippen molar-refractivity contribution in [1.29, 1.82) is 0 Å². The van der Waals surface area contributed by atoms with Crippen LogP contribution in [0.25, 0.3) is 0 Å². The molecule has 0 spiro atoms. The standard InChI is InChI=1S/C12H15ClO3/c1-3-8(2)7-16-11-5-4-9(12(14)15)6-10(11)13/h4-6,8H,3,7H2,1-2H3,(H,14,15). The zero-order valence-electron chi connectivity index (χ0n) is 9.37. The van der Waals surface area contributed by atoms with E-state index in [1.54, 1.807) is 6.07 Å². The highest BCUT2D eigenvalue weighted by Crippen LogP contribution is 2.26. The molecule has 3 nitrogen and oxygen atoms in total. The molecule has 0 amide bonds. The highest BCUT2D eigenvalue weighted by molar-refractivity contribution is 6.32. The number of rotatable bonds is 5. The molecule has 1 atom stereocenters. The molecule has 0 aromatic heterocycles. The van der Waals surface area contributed by atoms with Crippen LogP contribution in [-0.2, 0) is 0 Å². The SMILES string of the molecule is CCC(C)COc1ccc(C(=O)O)cc1Cl. The average molecular weight is 243 g/mol. The van der Waals surface area contributed by atoms with E-state index in [1.165, 1.54) is 12.1 Å². The van der Waals surface area contributed by atoms with E-state index in [-0.39, 0.29) is 5.56 Å². The first-order valence-electron chi connectivity index (χ1n) is 5.20. The second kappa shape index (κ2) is 5.75. The molecular formula is C12H15ClO3. The van der Waals surface area contributed by atoms with Crippen molar-refractivity contribution in [2.24, 2.45) is 5.92 Å². The van der Waals surface area contributed by atoms with Crippen molar-refractivity contribution in [3.05, 3.63) is 28.8 Å². The topological polar surface area (TPSA) is 46.5 Å². The van der Waals surface area contributed by atoms with Gasteiger partial charge < -0.3 is 9.84 Å². The molecular weight excluding hydrogens is 228 g/mol. The molecule has 0 aliphatic carbocycles. The quantitative estimate of drug-likeness (QED) is 0.860. The summed E-state index contributed by atoms with van der Waals surface area (Å²) in [7, 11) is 0. The number of hydrogen-bond donors (Lipinski definition) is 1. The maximum absolute atomic E-state index is 10.7. The van der Waals surface area contributed by atoms with Gasteiger partial charge in [0, 0.05) is 0 Å². The minimum atomic E-state index is -0.990. The number of aromatic carboxylic acids is 1. The summed E-state index contributed by atoms with van der Waals surface area (Å²) < 4.78 is 5.50. The van der Waals surface area contributed by atoms with Gasteiger partial charge in [-0.05, 0) is 24.1 Å². The number of carbonyl (C=O) groups is 1. The fraction of sp³-hybridized carbons (Fsp3) is 0.417. The normalized spacial score (nSPS) is 12.2. The molecule has 0 aliphatic rings. The van der Waals surface area contributed by atoms with Gasteiger partial charge in [0.1, 0.15) is 5.75 Å². The van der Waals surface area contributed by atoms with Gasteiger partial charge in [0.25, 0.3) is 0 Å². The Hall–Kier alpha value is -1.22. The van der Waals surface area contributed by atoms with Crippen LogP contribution in [0.2, 0.25) is 5.02 Å². The number of benzene rings is 1. The highest BCUT2D eigenvalue weighted by Gasteiger charge is 2.08. The van der Waals surface area contributed by atoms with Crippen LogP contribution in [0.4, 0.5) is 0 Å². The van der Waals surface area contributed by atoms with Crippen LogP contribution < -0.4 is 4.74 Å². The lowest BCUT2D eigenvalue weighted by atomic mass is 10.1. The minimum absolute atomic E-state index is 0.167. The summed E-state index contributed by atoms with van der Waals surface area (Å²) in [5.41, 5.74) is 0.167. The second-order valence-corrected chi connectivity index (χ2v) is 4.18. The Morgan fingerprint density at radius 3 is 2.75 bits per heavy atom. The Kier molecular flexibility index (Phi) is 4.62. The van der Waals surface area contributed by atoms with Crippen molar-refractivity contribution in [3.63, 3.8) is 0 Å². The fourth-order valence-corrected chi connectivity index (χ4v) is 1.34. The third-order valence-corrected chi connectivity index (χ3v) is 2.69. The maximum atomic E-state index is 10.7. The van der Waals surface area contributed by atoms with E-state index in [1.807, 2.05) is 0 Å². The molecule has 0 saturated carbocycles. The zero-order valence-corrected chi connectivity index (χ0v) is 10.1. The van der Waals surface area contributed by atoms with Gasteiger partial charge in [-0.25, -0.2) is 4.79 Å². The summed E-state index contributed by atoms with van der Waals surface area (Å²) in [6, 6.07) is 4.48. The predicted octanol–water partition coefficient (Wildman–Crippen LogP) is 3.46. The molecule has 1 N–H and O–H groups in total. The lowest BCUT2D eigenvalue weighted by molar-refractivity contribution is 0.0697. The smallest absolute Gasteiger partial charge is 0.335 e. The van der Waals surface area contributed by atoms with Crippen molar-refractivity contribution < 1.29 is 14.6 Å². The van der Waals surface area contributed by atoms with Gasteiger partial charge in [-0.1, -0.05) is 31.9 Å². The number of hydrogen-bond acceptors (Lipinski definition) is 2. The molecule has 88 valence electrons.